The first-order valence-electron chi connectivity index (χ1n) is 9.02. The van der Waals surface area contributed by atoms with Crippen LogP contribution in [-0.2, 0) is 11.8 Å². The van der Waals surface area contributed by atoms with Gasteiger partial charge in [0.1, 0.15) is 10.6 Å². The van der Waals surface area contributed by atoms with Crippen LogP contribution in [0.1, 0.15) is 0 Å². The van der Waals surface area contributed by atoms with E-state index in [1.807, 2.05) is 22.9 Å². The fourth-order valence-corrected chi connectivity index (χ4v) is 5.44. The molecule has 0 bridgehead atoms. The first-order valence-corrected chi connectivity index (χ1v) is 11.8. The van der Waals surface area contributed by atoms with Crippen molar-refractivity contribution in [2.45, 2.75) is 11.5 Å². The lowest BCUT2D eigenvalue weighted by atomic mass is 10.2. The number of ether oxygens (including phenoxy) is 1. The Hall–Kier alpha value is -2.83. The largest absolute Gasteiger partial charge is 0.573 e. The van der Waals surface area contributed by atoms with E-state index in [9.17, 15) is 22.8 Å². The van der Waals surface area contributed by atoms with Gasteiger partial charge in [-0.1, -0.05) is 17.8 Å². The molecular formula is C20H14F3N3O3S3. The van der Waals surface area contributed by atoms with E-state index in [0.29, 0.717) is 21.1 Å². The third kappa shape index (κ3) is 4.97. The van der Waals surface area contributed by atoms with Crippen molar-refractivity contribution in [3.05, 3.63) is 57.5 Å². The summed E-state index contributed by atoms with van der Waals surface area (Å²) >= 11 is 4.01. The maximum Gasteiger partial charge on any atom is 0.573 e. The topological polar surface area (TPSA) is 73.2 Å². The monoisotopic (exact) mass is 497 g/mol. The molecule has 0 saturated carbocycles. The van der Waals surface area contributed by atoms with Gasteiger partial charge in [-0.2, -0.15) is 0 Å². The number of nitrogens with one attached hydrogen (secondary N) is 1. The van der Waals surface area contributed by atoms with E-state index in [1.165, 1.54) is 28.0 Å². The lowest BCUT2D eigenvalue weighted by molar-refractivity contribution is -0.274. The number of anilines is 1. The first-order chi connectivity index (χ1) is 15.2. The van der Waals surface area contributed by atoms with Crippen molar-refractivity contribution < 1.29 is 22.7 Å². The van der Waals surface area contributed by atoms with Crippen molar-refractivity contribution >= 4 is 56.2 Å². The first kappa shape index (κ1) is 22.4. The number of carbonyl (C=O) groups excluding carboxylic acids is 1. The smallest absolute Gasteiger partial charge is 0.406 e. The molecule has 0 saturated heterocycles. The molecule has 4 aromatic rings. The zero-order valence-electron chi connectivity index (χ0n) is 16.3. The number of nitrogens with zero attached hydrogens (tertiary/aromatic N) is 2. The Kier molecular flexibility index (Phi) is 6.26. The van der Waals surface area contributed by atoms with E-state index in [1.54, 1.807) is 18.4 Å². The normalized spacial score (nSPS) is 11.6. The Morgan fingerprint density at radius 1 is 1.22 bits per heavy atom. The van der Waals surface area contributed by atoms with Gasteiger partial charge in [-0.15, -0.1) is 35.8 Å². The summed E-state index contributed by atoms with van der Waals surface area (Å²) in [7, 11) is 1.60. The maximum absolute atomic E-state index is 12.9. The highest BCUT2D eigenvalue weighted by molar-refractivity contribution is 7.99. The minimum absolute atomic E-state index is 0.0320. The maximum atomic E-state index is 12.9. The van der Waals surface area contributed by atoms with Crippen LogP contribution in [0.2, 0.25) is 0 Å². The van der Waals surface area contributed by atoms with Crippen LogP contribution in [-0.4, -0.2) is 27.6 Å². The number of aromatic nitrogens is 2. The number of hydrogen-bond donors (Lipinski definition) is 1. The second-order valence-electron chi connectivity index (χ2n) is 6.47. The molecule has 0 atom stereocenters. The van der Waals surface area contributed by atoms with Gasteiger partial charge < -0.3 is 10.1 Å². The fourth-order valence-electron chi connectivity index (χ4n) is 2.86. The SMILES string of the molecule is Cn1c(SCC(=O)Nc2ccc(OC(F)(F)F)cc2)nc2scc(-c3cccs3)c2c1=O. The van der Waals surface area contributed by atoms with Gasteiger partial charge in [0.25, 0.3) is 5.56 Å². The molecule has 1 N–H and O–H groups in total. The van der Waals surface area contributed by atoms with Gasteiger partial charge in [0, 0.05) is 28.6 Å². The highest BCUT2D eigenvalue weighted by Crippen LogP contribution is 2.34. The highest BCUT2D eigenvalue weighted by atomic mass is 32.2. The van der Waals surface area contributed by atoms with E-state index in [-0.39, 0.29) is 23.0 Å². The van der Waals surface area contributed by atoms with Crippen LogP contribution >= 0.6 is 34.4 Å². The molecule has 4 rings (SSSR count). The summed E-state index contributed by atoms with van der Waals surface area (Å²) in [5.74, 6) is -0.801. The number of thioether (sulfide) groups is 1. The molecule has 0 aliphatic carbocycles. The summed E-state index contributed by atoms with van der Waals surface area (Å²) in [5, 5.41) is 7.38. The Labute approximate surface area is 191 Å². The van der Waals surface area contributed by atoms with Crippen molar-refractivity contribution in [1.29, 1.82) is 0 Å². The van der Waals surface area contributed by atoms with Crippen LogP contribution in [0.3, 0.4) is 0 Å². The lowest BCUT2D eigenvalue weighted by Gasteiger charge is -2.10. The number of alkyl halides is 3. The predicted octanol–water partition coefficient (Wildman–Crippen LogP) is 5.35. The zero-order chi connectivity index (χ0) is 22.9. The van der Waals surface area contributed by atoms with Gasteiger partial charge in [-0.25, -0.2) is 4.98 Å². The summed E-state index contributed by atoms with van der Waals surface area (Å²) in [6.45, 7) is 0. The summed E-state index contributed by atoms with van der Waals surface area (Å²) in [6, 6.07) is 8.69. The average Bonchev–Trinajstić information content (AvgIpc) is 3.39. The summed E-state index contributed by atoms with van der Waals surface area (Å²) in [6.07, 6.45) is -4.78. The molecule has 1 amide bonds. The number of benzene rings is 1. The van der Waals surface area contributed by atoms with Crippen LogP contribution < -0.4 is 15.6 Å². The Bertz CT molecular complexity index is 1310. The fraction of sp³-hybridized carbons (Fsp3) is 0.150. The van der Waals surface area contributed by atoms with Crippen LogP contribution in [0, 0.1) is 0 Å². The van der Waals surface area contributed by atoms with Crippen molar-refractivity contribution in [1.82, 2.24) is 9.55 Å². The van der Waals surface area contributed by atoms with E-state index in [0.717, 1.165) is 34.3 Å². The van der Waals surface area contributed by atoms with E-state index < -0.39 is 6.36 Å². The number of carbonyl (C=O) groups is 1. The van der Waals surface area contributed by atoms with Gasteiger partial charge in [-0.05, 0) is 35.7 Å². The van der Waals surface area contributed by atoms with Crippen LogP contribution in [0.15, 0.2) is 57.1 Å². The molecule has 3 heterocycles. The molecule has 6 nitrogen and oxygen atoms in total. The lowest BCUT2D eigenvalue weighted by Crippen LogP contribution is -2.21. The van der Waals surface area contributed by atoms with Gasteiger partial charge in [0.2, 0.25) is 5.91 Å². The molecule has 12 heteroatoms. The van der Waals surface area contributed by atoms with Crippen LogP contribution in [0.25, 0.3) is 20.7 Å². The summed E-state index contributed by atoms with van der Waals surface area (Å²) in [4.78, 5) is 31.3. The third-order valence-corrected chi connectivity index (χ3v) is 7.07. The van der Waals surface area contributed by atoms with Crippen LogP contribution in [0.4, 0.5) is 18.9 Å². The molecule has 3 aromatic heterocycles. The quantitative estimate of drug-likeness (QED) is 0.287. The summed E-state index contributed by atoms with van der Waals surface area (Å²) in [5.41, 5.74) is 0.976. The molecule has 1 aromatic carbocycles. The van der Waals surface area contributed by atoms with Gasteiger partial charge in [0.15, 0.2) is 5.16 Å². The molecule has 0 aliphatic heterocycles. The number of rotatable bonds is 6. The van der Waals surface area contributed by atoms with Crippen molar-refractivity contribution in [2.24, 2.45) is 7.05 Å². The number of thiophene rings is 2. The van der Waals surface area contributed by atoms with E-state index in [2.05, 4.69) is 15.0 Å². The Morgan fingerprint density at radius 3 is 2.62 bits per heavy atom. The Morgan fingerprint density at radius 2 is 1.97 bits per heavy atom. The Balaban J connectivity index is 1.44. The molecule has 166 valence electrons. The molecule has 0 aliphatic rings. The zero-order valence-corrected chi connectivity index (χ0v) is 18.8. The number of halogens is 3. The second kappa shape index (κ2) is 8.96. The third-order valence-electron chi connectivity index (χ3n) is 4.26. The van der Waals surface area contributed by atoms with E-state index in [4.69, 9.17) is 0 Å². The number of amides is 1. The second-order valence-corrected chi connectivity index (χ2v) is 9.22. The van der Waals surface area contributed by atoms with Crippen molar-refractivity contribution in [2.75, 3.05) is 11.1 Å². The van der Waals surface area contributed by atoms with Crippen molar-refractivity contribution in [3.63, 3.8) is 0 Å². The molecule has 0 unspecified atom stereocenters. The van der Waals surface area contributed by atoms with Crippen LogP contribution in [0.5, 0.6) is 5.75 Å². The van der Waals surface area contributed by atoms with Gasteiger partial charge in [-0.3, -0.25) is 14.2 Å². The van der Waals surface area contributed by atoms with Crippen molar-refractivity contribution in [3.8, 4) is 16.2 Å². The molecule has 0 spiro atoms. The molecule has 0 radical (unpaired) electrons. The number of fused-ring (bicyclic) bond motifs is 1. The number of hydrogen-bond acceptors (Lipinski definition) is 7. The minimum atomic E-state index is -4.78. The minimum Gasteiger partial charge on any atom is -0.406 e. The predicted molar refractivity (Wildman–Crippen MR) is 121 cm³/mol. The standard InChI is InChI=1S/C20H14F3N3O3S3/c1-26-18(28)16-13(14-3-2-8-30-14)9-31-17(16)25-19(26)32-10-15(27)24-11-4-6-12(7-5-11)29-20(21,22)23/h2-9H,10H2,1H3,(H,24,27). The highest BCUT2D eigenvalue weighted by Gasteiger charge is 2.31. The van der Waals surface area contributed by atoms with E-state index >= 15 is 0 Å². The molecule has 0 fully saturated rings. The van der Waals surface area contributed by atoms with Gasteiger partial charge >= 0.3 is 6.36 Å². The summed E-state index contributed by atoms with van der Waals surface area (Å²) < 4.78 is 41.9. The van der Waals surface area contributed by atoms with Gasteiger partial charge in [0.05, 0.1) is 11.1 Å². The molecule has 32 heavy (non-hydrogen) atoms. The average molecular weight is 498 g/mol. The molecular weight excluding hydrogens is 483 g/mol.